The number of amides is 2. The molecule has 3 saturated heterocycles. The summed E-state index contributed by atoms with van der Waals surface area (Å²) in [7, 11) is 0. The van der Waals surface area contributed by atoms with Crippen molar-refractivity contribution in [3.05, 3.63) is 58.6 Å². The van der Waals surface area contributed by atoms with E-state index in [-0.39, 0.29) is 23.3 Å². The summed E-state index contributed by atoms with van der Waals surface area (Å²) < 4.78 is 32.7. The molecule has 5 rings (SSSR count). The van der Waals surface area contributed by atoms with Gasteiger partial charge in [-0.15, -0.1) is 0 Å². The number of rotatable bonds is 9. The van der Waals surface area contributed by atoms with E-state index in [9.17, 15) is 14.7 Å². The van der Waals surface area contributed by atoms with Crippen LogP contribution in [0.4, 0.5) is 14.9 Å². The number of hydrogen-bond donors (Lipinski definition) is 4. The molecule has 42 heavy (non-hydrogen) atoms. The van der Waals surface area contributed by atoms with Crippen molar-refractivity contribution < 1.29 is 33.3 Å². The molecule has 4 N–H and O–H groups in total. The quantitative estimate of drug-likeness (QED) is 0.336. The van der Waals surface area contributed by atoms with Crippen molar-refractivity contribution in [3.8, 4) is 0 Å². The zero-order valence-corrected chi connectivity index (χ0v) is 24.2. The maximum atomic E-state index is 15.1. The Labute approximate surface area is 249 Å². The van der Waals surface area contributed by atoms with Crippen molar-refractivity contribution in [1.29, 1.82) is 0 Å². The molecule has 228 valence electrons. The minimum absolute atomic E-state index is 0.0268. The van der Waals surface area contributed by atoms with E-state index in [4.69, 9.17) is 25.8 Å². The standard InChI is InChI=1S/C30H38ClFN4O6/c31-21-3-1-19(2-4-21)26(20-7-11-40-12-8-20)27(36-29(38)39)28(37)35-25-17-33-16-24(32)23(25)6-5-22-15-34-18-30(42-22)9-13-41-14-10-30/h1-4,16-17,20,22,26-27,34,36H,5-15,18H2,(H,35,37)(H,38,39)/t22-,26+,27+/m1/s1. The van der Waals surface area contributed by atoms with Crippen molar-refractivity contribution in [3.63, 3.8) is 0 Å². The highest BCUT2D eigenvalue weighted by Gasteiger charge is 2.40. The summed E-state index contributed by atoms with van der Waals surface area (Å²) in [6.45, 7) is 3.74. The Hall–Kier alpha value is -2.83. The van der Waals surface area contributed by atoms with Crippen molar-refractivity contribution in [2.24, 2.45) is 5.92 Å². The molecular weight excluding hydrogens is 567 g/mol. The molecule has 2 amide bonds. The molecule has 3 fully saturated rings. The van der Waals surface area contributed by atoms with Crippen LogP contribution in [-0.4, -0.2) is 79.4 Å². The van der Waals surface area contributed by atoms with Gasteiger partial charge in [0.15, 0.2) is 0 Å². The summed E-state index contributed by atoms with van der Waals surface area (Å²) in [6.07, 6.45) is 4.84. The number of pyridine rings is 1. The third-order valence-corrected chi connectivity index (χ3v) is 8.82. The number of aromatic nitrogens is 1. The molecule has 0 saturated carbocycles. The Bertz CT molecular complexity index is 1220. The highest BCUT2D eigenvalue weighted by molar-refractivity contribution is 6.30. The number of carbonyl (C=O) groups excluding carboxylic acids is 1. The number of carboxylic acid groups (broad SMARTS) is 1. The molecule has 4 heterocycles. The molecule has 0 radical (unpaired) electrons. The van der Waals surface area contributed by atoms with Crippen LogP contribution in [0.3, 0.4) is 0 Å². The second kappa shape index (κ2) is 14.1. The Morgan fingerprint density at radius 2 is 1.83 bits per heavy atom. The molecule has 3 atom stereocenters. The van der Waals surface area contributed by atoms with Crippen LogP contribution in [0.25, 0.3) is 0 Å². The average molecular weight is 605 g/mol. The zero-order valence-electron chi connectivity index (χ0n) is 23.5. The number of benzene rings is 1. The van der Waals surface area contributed by atoms with E-state index < -0.39 is 29.8 Å². The molecule has 0 bridgehead atoms. The maximum absolute atomic E-state index is 15.1. The van der Waals surface area contributed by atoms with Crippen molar-refractivity contribution in [2.75, 3.05) is 44.8 Å². The number of morpholine rings is 1. The maximum Gasteiger partial charge on any atom is 0.405 e. The lowest BCUT2D eigenvalue weighted by molar-refractivity contribution is -0.160. The molecular formula is C30H38ClFN4O6. The van der Waals surface area contributed by atoms with Gasteiger partial charge in [-0.05, 0) is 49.3 Å². The summed E-state index contributed by atoms with van der Waals surface area (Å²) in [6, 6.07) is 5.91. The predicted octanol–water partition coefficient (Wildman–Crippen LogP) is 4.13. The van der Waals surface area contributed by atoms with Gasteiger partial charge in [-0.3, -0.25) is 9.78 Å². The average Bonchev–Trinajstić information content (AvgIpc) is 2.98. The smallest absolute Gasteiger partial charge is 0.405 e. The summed E-state index contributed by atoms with van der Waals surface area (Å²) >= 11 is 6.13. The largest absolute Gasteiger partial charge is 0.465 e. The van der Waals surface area contributed by atoms with Gasteiger partial charge in [0, 0.05) is 68.9 Å². The number of nitrogens with zero attached hydrogens (tertiary/aromatic N) is 1. The van der Waals surface area contributed by atoms with E-state index in [0.717, 1.165) is 31.1 Å². The van der Waals surface area contributed by atoms with Crippen LogP contribution in [0, 0.1) is 11.7 Å². The van der Waals surface area contributed by atoms with Crippen LogP contribution in [0.2, 0.25) is 5.02 Å². The number of halogens is 2. The minimum atomic E-state index is -1.33. The Balaban J connectivity index is 1.35. The van der Waals surface area contributed by atoms with E-state index >= 15 is 4.39 Å². The fraction of sp³-hybridized carbons (Fsp3) is 0.567. The highest BCUT2D eigenvalue weighted by atomic mass is 35.5. The van der Waals surface area contributed by atoms with Gasteiger partial charge in [0.25, 0.3) is 0 Å². The topological polar surface area (TPSA) is 131 Å². The molecule has 3 aliphatic rings. The SMILES string of the molecule is O=C(O)N[C@H](C(=O)Nc1cncc(F)c1CC[C@@H]1CNCC2(CCOCC2)O1)[C@@H](c1ccc(Cl)cc1)C1CCOCC1. The summed E-state index contributed by atoms with van der Waals surface area (Å²) in [5, 5.41) is 19.0. The van der Waals surface area contributed by atoms with Crippen molar-refractivity contribution in [1.82, 2.24) is 15.6 Å². The monoisotopic (exact) mass is 604 g/mol. The lowest BCUT2D eigenvalue weighted by Gasteiger charge is -2.44. The van der Waals surface area contributed by atoms with Gasteiger partial charge in [-0.2, -0.15) is 0 Å². The summed E-state index contributed by atoms with van der Waals surface area (Å²) in [4.78, 5) is 29.8. The van der Waals surface area contributed by atoms with Gasteiger partial charge in [0.1, 0.15) is 11.9 Å². The number of anilines is 1. The van der Waals surface area contributed by atoms with Crippen molar-refractivity contribution in [2.45, 2.75) is 62.2 Å². The molecule has 3 aliphatic heterocycles. The summed E-state index contributed by atoms with van der Waals surface area (Å²) in [5.74, 6) is -1.65. The second-order valence-corrected chi connectivity index (χ2v) is 11.7. The van der Waals surface area contributed by atoms with E-state index in [2.05, 4.69) is 20.9 Å². The van der Waals surface area contributed by atoms with Crippen LogP contribution in [0.5, 0.6) is 0 Å². The van der Waals surface area contributed by atoms with Gasteiger partial charge in [0.2, 0.25) is 5.91 Å². The van der Waals surface area contributed by atoms with Gasteiger partial charge < -0.3 is 35.3 Å². The molecule has 12 heteroatoms. The lowest BCUT2D eigenvalue weighted by Crippen LogP contribution is -2.56. The predicted molar refractivity (Wildman–Crippen MR) is 154 cm³/mol. The molecule has 1 aromatic heterocycles. The van der Waals surface area contributed by atoms with Crippen molar-refractivity contribution >= 4 is 29.3 Å². The van der Waals surface area contributed by atoms with E-state index in [0.29, 0.717) is 69.2 Å². The highest BCUT2D eigenvalue weighted by Crippen LogP contribution is 2.36. The van der Waals surface area contributed by atoms with Crippen LogP contribution in [0.1, 0.15) is 49.1 Å². The van der Waals surface area contributed by atoms with Gasteiger partial charge in [-0.25, -0.2) is 9.18 Å². The van der Waals surface area contributed by atoms with Gasteiger partial charge in [-0.1, -0.05) is 23.7 Å². The van der Waals surface area contributed by atoms with E-state index in [1.54, 1.807) is 12.1 Å². The molecule has 1 aromatic carbocycles. The Morgan fingerprint density at radius 1 is 1.12 bits per heavy atom. The number of ether oxygens (including phenoxy) is 3. The number of hydrogen-bond acceptors (Lipinski definition) is 7. The second-order valence-electron chi connectivity index (χ2n) is 11.3. The first-order valence-electron chi connectivity index (χ1n) is 14.6. The molecule has 0 aliphatic carbocycles. The van der Waals surface area contributed by atoms with E-state index in [1.807, 2.05) is 12.1 Å². The van der Waals surface area contributed by atoms with E-state index in [1.165, 1.54) is 6.20 Å². The van der Waals surface area contributed by atoms with Crippen LogP contribution in [0.15, 0.2) is 36.7 Å². The Morgan fingerprint density at radius 3 is 2.55 bits per heavy atom. The lowest BCUT2D eigenvalue weighted by atomic mass is 9.76. The van der Waals surface area contributed by atoms with Crippen LogP contribution < -0.4 is 16.0 Å². The first kappa shape index (κ1) is 30.6. The van der Waals surface area contributed by atoms with Gasteiger partial charge in [0.05, 0.1) is 29.8 Å². The minimum Gasteiger partial charge on any atom is -0.465 e. The molecule has 1 spiro atoms. The first-order valence-corrected chi connectivity index (χ1v) is 14.9. The van der Waals surface area contributed by atoms with Gasteiger partial charge >= 0.3 is 6.09 Å². The zero-order chi connectivity index (χ0) is 29.5. The Kier molecular flexibility index (Phi) is 10.3. The number of nitrogens with one attached hydrogen (secondary N) is 3. The third kappa shape index (κ3) is 7.57. The fourth-order valence-electron chi connectivity index (χ4n) is 6.38. The fourth-order valence-corrected chi connectivity index (χ4v) is 6.51. The van der Waals surface area contributed by atoms with Crippen LogP contribution in [-0.2, 0) is 25.4 Å². The number of carbonyl (C=O) groups is 2. The summed E-state index contributed by atoms with van der Waals surface area (Å²) in [5.41, 5.74) is 1.02. The third-order valence-electron chi connectivity index (χ3n) is 8.57. The van der Waals surface area contributed by atoms with Crippen LogP contribution >= 0.6 is 11.6 Å². The first-order chi connectivity index (χ1) is 20.3. The molecule has 2 aromatic rings. The molecule has 10 nitrogen and oxygen atoms in total. The normalized spacial score (nSPS) is 22.3. The molecule has 0 unspecified atom stereocenters.